The molecule has 1 amide bonds. The predicted octanol–water partition coefficient (Wildman–Crippen LogP) is 1.83. The van der Waals surface area contributed by atoms with Gasteiger partial charge in [-0.1, -0.05) is 0 Å². The summed E-state index contributed by atoms with van der Waals surface area (Å²) in [5, 5.41) is 9.29. The van der Waals surface area contributed by atoms with Crippen LogP contribution in [0.3, 0.4) is 0 Å². The second kappa shape index (κ2) is 4.12. The van der Waals surface area contributed by atoms with Crippen LogP contribution in [0.15, 0.2) is 0 Å². The van der Waals surface area contributed by atoms with Crippen LogP contribution in [-0.4, -0.2) is 45.5 Å². The third-order valence-electron chi connectivity index (χ3n) is 2.78. The van der Waals surface area contributed by atoms with Gasteiger partial charge in [-0.3, -0.25) is 4.90 Å². The normalized spacial score (nSPS) is 27.1. The number of carboxylic acid groups (broad SMARTS) is 1. The molecular weight excluding hydrogens is 238 g/mol. The SMILES string of the molecule is CC(C)(C)OC(=O)N1C(C)(C)OCC1(C)C(=O)O. The van der Waals surface area contributed by atoms with Gasteiger partial charge in [-0.15, -0.1) is 0 Å². The number of carboxylic acids is 1. The quantitative estimate of drug-likeness (QED) is 0.777. The van der Waals surface area contributed by atoms with E-state index in [0.717, 1.165) is 4.90 Å². The van der Waals surface area contributed by atoms with Crippen LogP contribution in [0.2, 0.25) is 0 Å². The Morgan fingerprint density at radius 1 is 1.28 bits per heavy atom. The average molecular weight is 259 g/mol. The van der Waals surface area contributed by atoms with Gasteiger partial charge >= 0.3 is 12.1 Å². The molecule has 0 radical (unpaired) electrons. The zero-order chi connectivity index (χ0) is 14.4. The number of carbonyl (C=O) groups is 2. The molecule has 18 heavy (non-hydrogen) atoms. The van der Waals surface area contributed by atoms with E-state index in [-0.39, 0.29) is 6.61 Å². The van der Waals surface area contributed by atoms with Gasteiger partial charge in [0.25, 0.3) is 0 Å². The maximum atomic E-state index is 12.2. The highest BCUT2D eigenvalue weighted by molar-refractivity contribution is 5.85. The van der Waals surface area contributed by atoms with Crippen molar-refractivity contribution in [3.63, 3.8) is 0 Å². The summed E-state index contributed by atoms with van der Waals surface area (Å²) >= 11 is 0. The van der Waals surface area contributed by atoms with Gasteiger partial charge in [0.2, 0.25) is 0 Å². The molecule has 0 spiro atoms. The van der Waals surface area contributed by atoms with Gasteiger partial charge in [0.15, 0.2) is 5.54 Å². The van der Waals surface area contributed by atoms with Gasteiger partial charge in [0.1, 0.15) is 11.3 Å². The monoisotopic (exact) mass is 259 g/mol. The van der Waals surface area contributed by atoms with Crippen LogP contribution in [0, 0.1) is 0 Å². The fraction of sp³-hybridized carbons (Fsp3) is 0.833. The summed E-state index contributed by atoms with van der Waals surface area (Å²) in [5.41, 5.74) is -3.10. The number of hydrogen-bond acceptors (Lipinski definition) is 4. The van der Waals surface area contributed by atoms with Gasteiger partial charge in [-0.25, -0.2) is 9.59 Å². The zero-order valence-electron chi connectivity index (χ0n) is 11.7. The number of amides is 1. The number of aliphatic carboxylic acids is 1. The first-order chi connectivity index (χ1) is 7.90. The summed E-state index contributed by atoms with van der Waals surface area (Å²) in [4.78, 5) is 24.7. The van der Waals surface area contributed by atoms with E-state index in [0.29, 0.717) is 0 Å². The molecule has 1 heterocycles. The van der Waals surface area contributed by atoms with Gasteiger partial charge in [0.05, 0.1) is 6.61 Å². The Kier molecular flexibility index (Phi) is 3.38. The molecule has 1 aliphatic rings. The summed E-state index contributed by atoms with van der Waals surface area (Å²) in [6, 6.07) is 0. The van der Waals surface area contributed by atoms with E-state index in [2.05, 4.69) is 0 Å². The molecule has 0 bridgehead atoms. The van der Waals surface area contributed by atoms with E-state index in [9.17, 15) is 14.7 Å². The second-order valence-electron chi connectivity index (χ2n) is 6.13. The summed E-state index contributed by atoms with van der Waals surface area (Å²) < 4.78 is 10.7. The lowest BCUT2D eigenvalue weighted by Crippen LogP contribution is -2.59. The van der Waals surface area contributed by atoms with Crippen LogP contribution >= 0.6 is 0 Å². The number of hydrogen-bond donors (Lipinski definition) is 1. The Balaban J connectivity index is 3.07. The van der Waals surface area contributed by atoms with E-state index in [1.165, 1.54) is 6.92 Å². The summed E-state index contributed by atoms with van der Waals surface area (Å²) in [5.74, 6) is -1.11. The minimum absolute atomic E-state index is 0.0609. The molecule has 1 aliphatic heterocycles. The fourth-order valence-electron chi connectivity index (χ4n) is 1.93. The molecule has 0 saturated carbocycles. The van der Waals surface area contributed by atoms with Crippen molar-refractivity contribution in [2.24, 2.45) is 0 Å². The molecular formula is C12H21NO5. The van der Waals surface area contributed by atoms with Crippen molar-refractivity contribution < 1.29 is 24.2 Å². The predicted molar refractivity (Wildman–Crippen MR) is 64.1 cm³/mol. The molecule has 1 unspecified atom stereocenters. The largest absolute Gasteiger partial charge is 0.479 e. The smallest absolute Gasteiger partial charge is 0.413 e. The first kappa shape index (κ1) is 14.8. The van der Waals surface area contributed by atoms with Crippen molar-refractivity contribution in [3.05, 3.63) is 0 Å². The molecule has 104 valence electrons. The Morgan fingerprint density at radius 3 is 2.17 bits per heavy atom. The summed E-state index contributed by atoms with van der Waals surface area (Å²) in [6.45, 7) is 9.87. The Labute approximate surface area is 107 Å². The highest BCUT2D eigenvalue weighted by atomic mass is 16.6. The summed E-state index contributed by atoms with van der Waals surface area (Å²) in [7, 11) is 0. The van der Waals surface area contributed by atoms with Crippen LogP contribution in [0.5, 0.6) is 0 Å². The van der Waals surface area contributed by atoms with E-state index in [1.807, 2.05) is 0 Å². The standard InChI is InChI=1S/C12H21NO5/c1-10(2,3)18-9(16)13-11(4,5)17-7-12(13,6)8(14)15/h7H2,1-6H3,(H,14,15). The molecule has 1 fully saturated rings. The van der Waals surface area contributed by atoms with E-state index in [4.69, 9.17) is 9.47 Å². The minimum Gasteiger partial charge on any atom is -0.479 e. The third-order valence-corrected chi connectivity index (χ3v) is 2.78. The average Bonchev–Trinajstić information content (AvgIpc) is 2.35. The van der Waals surface area contributed by atoms with Crippen molar-refractivity contribution in [1.82, 2.24) is 4.90 Å². The maximum absolute atomic E-state index is 12.2. The number of ether oxygens (including phenoxy) is 2. The first-order valence-corrected chi connectivity index (χ1v) is 5.81. The Hall–Kier alpha value is -1.30. The molecule has 1 atom stereocenters. The molecule has 6 heteroatoms. The van der Waals surface area contributed by atoms with Crippen molar-refractivity contribution >= 4 is 12.1 Å². The van der Waals surface area contributed by atoms with Crippen LogP contribution in [0.4, 0.5) is 4.79 Å². The summed E-state index contributed by atoms with van der Waals surface area (Å²) in [6.07, 6.45) is -0.685. The Bertz CT molecular complexity index is 371. The van der Waals surface area contributed by atoms with Crippen LogP contribution < -0.4 is 0 Å². The molecule has 1 rings (SSSR count). The highest BCUT2D eigenvalue weighted by Gasteiger charge is 2.57. The highest BCUT2D eigenvalue weighted by Crippen LogP contribution is 2.36. The van der Waals surface area contributed by atoms with E-state index >= 15 is 0 Å². The van der Waals surface area contributed by atoms with Crippen LogP contribution in [0.1, 0.15) is 41.5 Å². The molecule has 1 saturated heterocycles. The zero-order valence-corrected chi connectivity index (χ0v) is 11.7. The maximum Gasteiger partial charge on any atom is 0.413 e. The molecule has 0 aromatic rings. The first-order valence-electron chi connectivity index (χ1n) is 5.81. The molecule has 6 nitrogen and oxygen atoms in total. The van der Waals surface area contributed by atoms with Crippen molar-refractivity contribution in [3.8, 4) is 0 Å². The Morgan fingerprint density at radius 2 is 1.78 bits per heavy atom. The topological polar surface area (TPSA) is 76.1 Å². The number of nitrogens with zero attached hydrogens (tertiary/aromatic N) is 1. The number of rotatable bonds is 1. The lowest BCUT2D eigenvalue weighted by Gasteiger charge is -2.37. The lowest BCUT2D eigenvalue weighted by molar-refractivity contribution is -0.149. The van der Waals surface area contributed by atoms with Gasteiger partial charge in [-0.05, 0) is 41.5 Å². The van der Waals surface area contributed by atoms with Crippen LogP contribution in [0.25, 0.3) is 0 Å². The molecule has 0 aromatic carbocycles. The molecule has 0 aliphatic carbocycles. The van der Waals surface area contributed by atoms with Crippen molar-refractivity contribution in [2.45, 2.75) is 58.4 Å². The minimum atomic E-state index is -1.41. The van der Waals surface area contributed by atoms with Crippen LogP contribution in [-0.2, 0) is 14.3 Å². The van der Waals surface area contributed by atoms with Gasteiger partial charge < -0.3 is 14.6 Å². The van der Waals surface area contributed by atoms with Crippen molar-refractivity contribution in [2.75, 3.05) is 6.61 Å². The fourth-order valence-corrected chi connectivity index (χ4v) is 1.93. The van der Waals surface area contributed by atoms with Crippen molar-refractivity contribution in [1.29, 1.82) is 0 Å². The van der Waals surface area contributed by atoms with E-state index in [1.54, 1.807) is 34.6 Å². The van der Waals surface area contributed by atoms with E-state index < -0.39 is 28.9 Å². The molecule has 0 aromatic heterocycles. The second-order valence-corrected chi connectivity index (χ2v) is 6.13. The van der Waals surface area contributed by atoms with Gasteiger partial charge in [-0.2, -0.15) is 0 Å². The lowest BCUT2D eigenvalue weighted by atomic mass is 10.0. The molecule has 1 N–H and O–H groups in total. The third kappa shape index (κ3) is 2.58. The van der Waals surface area contributed by atoms with Gasteiger partial charge in [0, 0.05) is 0 Å². The number of carbonyl (C=O) groups excluding carboxylic acids is 1.